The molecule has 0 aliphatic rings. The van der Waals surface area contributed by atoms with Crippen molar-refractivity contribution in [1.82, 2.24) is 15.3 Å². The second-order valence-corrected chi connectivity index (χ2v) is 4.35. The molecule has 0 atom stereocenters. The van der Waals surface area contributed by atoms with Crippen molar-refractivity contribution in [2.75, 3.05) is 5.32 Å². The van der Waals surface area contributed by atoms with Crippen LogP contribution in [0.1, 0.15) is 30.1 Å². The Hall–Kier alpha value is -2.37. The molecule has 0 unspecified atom stereocenters. The van der Waals surface area contributed by atoms with Crippen LogP contribution < -0.4 is 10.6 Å². The molecule has 6 nitrogen and oxygen atoms in total. The summed E-state index contributed by atoms with van der Waals surface area (Å²) in [7, 11) is 0. The lowest BCUT2D eigenvalue weighted by Gasteiger charge is -2.08. The van der Waals surface area contributed by atoms with E-state index in [4.69, 9.17) is 4.42 Å². The first-order chi connectivity index (χ1) is 9.15. The topological polar surface area (TPSA) is 80.0 Å². The Morgan fingerprint density at radius 2 is 2.21 bits per heavy atom. The molecular weight excluding hydrogens is 244 g/mol. The zero-order valence-electron chi connectivity index (χ0n) is 10.9. The van der Waals surface area contributed by atoms with E-state index in [2.05, 4.69) is 20.6 Å². The monoisotopic (exact) mass is 260 g/mol. The van der Waals surface area contributed by atoms with E-state index in [-0.39, 0.29) is 17.6 Å². The van der Waals surface area contributed by atoms with Gasteiger partial charge in [0.2, 0.25) is 0 Å². The molecular formula is C13H16N4O2. The quantitative estimate of drug-likeness (QED) is 0.857. The maximum absolute atomic E-state index is 11.8. The Kier molecular flexibility index (Phi) is 4.12. The summed E-state index contributed by atoms with van der Waals surface area (Å²) in [6.07, 6.45) is 4.55. The van der Waals surface area contributed by atoms with E-state index >= 15 is 0 Å². The molecule has 0 radical (unpaired) electrons. The van der Waals surface area contributed by atoms with Gasteiger partial charge in [-0.15, -0.1) is 0 Å². The van der Waals surface area contributed by atoms with E-state index in [0.717, 1.165) is 0 Å². The first-order valence-electron chi connectivity index (χ1n) is 6.04. The van der Waals surface area contributed by atoms with Gasteiger partial charge in [-0.25, -0.2) is 9.97 Å². The fraction of sp³-hybridized carbons (Fsp3) is 0.308. The lowest BCUT2D eigenvalue weighted by atomic mass is 10.3. The molecule has 0 aliphatic carbocycles. The van der Waals surface area contributed by atoms with Gasteiger partial charge in [0.25, 0.3) is 5.91 Å². The number of rotatable bonds is 5. The predicted octanol–water partition coefficient (Wildman–Crippen LogP) is 1.82. The molecule has 0 aliphatic heterocycles. The highest BCUT2D eigenvalue weighted by Crippen LogP contribution is 2.04. The molecule has 2 aromatic rings. The van der Waals surface area contributed by atoms with Crippen LogP contribution in [-0.4, -0.2) is 21.9 Å². The first kappa shape index (κ1) is 13.1. The number of carbonyl (C=O) groups excluding carboxylic acids is 1. The molecule has 2 N–H and O–H groups in total. The van der Waals surface area contributed by atoms with Gasteiger partial charge in [0.05, 0.1) is 25.2 Å². The number of hydrogen-bond donors (Lipinski definition) is 2. The van der Waals surface area contributed by atoms with Crippen LogP contribution in [0.25, 0.3) is 0 Å². The summed E-state index contributed by atoms with van der Waals surface area (Å²) in [4.78, 5) is 20.0. The van der Waals surface area contributed by atoms with Crippen LogP contribution in [0.4, 0.5) is 5.82 Å². The van der Waals surface area contributed by atoms with E-state index in [1.165, 1.54) is 6.20 Å². The summed E-state index contributed by atoms with van der Waals surface area (Å²) in [6, 6.07) is 3.84. The van der Waals surface area contributed by atoms with Crippen LogP contribution in [0, 0.1) is 0 Å². The normalized spacial score (nSPS) is 10.5. The highest BCUT2D eigenvalue weighted by Gasteiger charge is 2.08. The zero-order chi connectivity index (χ0) is 13.7. The van der Waals surface area contributed by atoms with Gasteiger partial charge in [0, 0.05) is 6.04 Å². The van der Waals surface area contributed by atoms with E-state index in [0.29, 0.717) is 18.1 Å². The molecule has 0 fully saturated rings. The third kappa shape index (κ3) is 3.80. The number of furan rings is 1. The molecule has 0 saturated carbocycles. The summed E-state index contributed by atoms with van der Waals surface area (Å²) in [5.74, 6) is 1.07. The molecule has 1 amide bonds. The molecule has 2 rings (SSSR count). The Labute approximate surface area is 111 Å². The average Bonchev–Trinajstić information content (AvgIpc) is 2.89. The fourth-order valence-corrected chi connectivity index (χ4v) is 1.49. The minimum absolute atomic E-state index is 0.271. The Morgan fingerprint density at radius 1 is 1.37 bits per heavy atom. The molecule has 2 heterocycles. The SMILES string of the molecule is CC(C)Nc1cnc(C(=O)NCc2ccco2)cn1. The third-order valence-corrected chi connectivity index (χ3v) is 2.32. The second-order valence-electron chi connectivity index (χ2n) is 4.35. The van der Waals surface area contributed by atoms with Gasteiger partial charge in [0.1, 0.15) is 17.3 Å². The molecule has 100 valence electrons. The van der Waals surface area contributed by atoms with Crippen LogP contribution >= 0.6 is 0 Å². The van der Waals surface area contributed by atoms with Crippen molar-refractivity contribution < 1.29 is 9.21 Å². The Morgan fingerprint density at radius 3 is 2.79 bits per heavy atom. The van der Waals surface area contributed by atoms with Crippen LogP contribution in [-0.2, 0) is 6.54 Å². The smallest absolute Gasteiger partial charge is 0.271 e. The van der Waals surface area contributed by atoms with Gasteiger partial charge in [-0.1, -0.05) is 0 Å². The standard InChI is InChI=1S/C13H16N4O2/c1-9(2)17-12-8-14-11(7-15-12)13(18)16-6-10-4-3-5-19-10/h3-5,7-9H,6H2,1-2H3,(H,15,17)(H,16,18). The van der Waals surface area contributed by atoms with Crippen LogP contribution in [0.5, 0.6) is 0 Å². The molecule has 6 heteroatoms. The van der Waals surface area contributed by atoms with Gasteiger partial charge in [-0.2, -0.15) is 0 Å². The van der Waals surface area contributed by atoms with Crippen molar-refractivity contribution >= 4 is 11.7 Å². The number of nitrogens with zero attached hydrogens (tertiary/aromatic N) is 2. The lowest BCUT2D eigenvalue weighted by Crippen LogP contribution is -2.24. The largest absolute Gasteiger partial charge is 0.467 e. The highest BCUT2D eigenvalue weighted by molar-refractivity contribution is 5.91. The summed E-state index contributed by atoms with van der Waals surface area (Å²) < 4.78 is 5.12. The molecule has 19 heavy (non-hydrogen) atoms. The van der Waals surface area contributed by atoms with Gasteiger partial charge >= 0.3 is 0 Å². The number of hydrogen-bond acceptors (Lipinski definition) is 5. The van der Waals surface area contributed by atoms with Gasteiger partial charge in [0.15, 0.2) is 0 Å². The van der Waals surface area contributed by atoms with Crippen molar-refractivity contribution in [2.45, 2.75) is 26.4 Å². The van der Waals surface area contributed by atoms with E-state index in [1.807, 2.05) is 13.8 Å². The maximum atomic E-state index is 11.8. The maximum Gasteiger partial charge on any atom is 0.271 e. The number of nitrogens with one attached hydrogen (secondary N) is 2. The summed E-state index contributed by atoms with van der Waals surface area (Å²) in [6.45, 7) is 4.34. The number of anilines is 1. The minimum Gasteiger partial charge on any atom is -0.467 e. The Bertz CT molecular complexity index is 520. The number of amides is 1. The van der Waals surface area contributed by atoms with Gasteiger partial charge in [-0.05, 0) is 26.0 Å². The Balaban J connectivity index is 1.92. The first-order valence-corrected chi connectivity index (χ1v) is 6.04. The van der Waals surface area contributed by atoms with E-state index in [9.17, 15) is 4.79 Å². The molecule has 0 bridgehead atoms. The number of carbonyl (C=O) groups is 1. The van der Waals surface area contributed by atoms with Gasteiger partial charge in [-0.3, -0.25) is 4.79 Å². The van der Waals surface area contributed by atoms with Crippen LogP contribution in [0.2, 0.25) is 0 Å². The molecule has 0 saturated heterocycles. The van der Waals surface area contributed by atoms with Crippen LogP contribution in [0.3, 0.4) is 0 Å². The summed E-state index contributed by atoms with van der Waals surface area (Å²) >= 11 is 0. The fourth-order valence-electron chi connectivity index (χ4n) is 1.49. The van der Waals surface area contributed by atoms with Crippen molar-refractivity contribution in [3.05, 3.63) is 42.2 Å². The van der Waals surface area contributed by atoms with Crippen molar-refractivity contribution in [3.8, 4) is 0 Å². The van der Waals surface area contributed by atoms with Crippen molar-refractivity contribution in [2.24, 2.45) is 0 Å². The van der Waals surface area contributed by atoms with Crippen LogP contribution in [0.15, 0.2) is 35.2 Å². The number of aromatic nitrogens is 2. The minimum atomic E-state index is -0.278. The summed E-state index contributed by atoms with van der Waals surface area (Å²) in [5, 5.41) is 5.81. The van der Waals surface area contributed by atoms with Crippen molar-refractivity contribution in [3.63, 3.8) is 0 Å². The molecule has 0 spiro atoms. The predicted molar refractivity (Wildman–Crippen MR) is 70.7 cm³/mol. The molecule has 2 aromatic heterocycles. The van der Waals surface area contributed by atoms with Crippen molar-refractivity contribution in [1.29, 1.82) is 0 Å². The lowest BCUT2D eigenvalue weighted by molar-refractivity contribution is 0.0942. The van der Waals surface area contributed by atoms with Gasteiger partial charge < -0.3 is 15.1 Å². The third-order valence-electron chi connectivity index (χ3n) is 2.32. The zero-order valence-corrected chi connectivity index (χ0v) is 10.9. The van der Waals surface area contributed by atoms with E-state index < -0.39 is 0 Å². The van der Waals surface area contributed by atoms with E-state index in [1.54, 1.807) is 24.6 Å². The molecule has 0 aromatic carbocycles. The average molecular weight is 260 g/mol. The summed E-state index contributed by atoms with van der Waals surface area (Å²) in [5.41, 5.74) is 0.279. The second kappa shape index (κ2) is 5.99. The highest BCUT2D eigenvalue weighted by atomic mass is 16.3.